The lowest BCUT2D eigenvalue weighted by Crippen LogP contribution is -2.54. The molecule has 0 aliphatic carbocycles. The first-order chi connectivity index (χ1) is 12.2. The molecule has 0 radical (unpaired) electrons. The average Bonchev–Trinajstić information content (AvgIpc) is 3.00. The molecule has 1 fully saturated rings. The maximum atomic E-state index is 13.6. The minimum Gasteiger partial charge on any atom is -0.387 e. The number of carbonyl (C=O) groups excluding carboxylic acids is 1. The van der Waals surface area contributed by atoms with Crippen molar-refractivity contribution in [2.45, 2.75) is 38.7 Å². The lowest BCUT2D eigenvalue weighted by Gasteiger charge is -2.35. The van der Waals surface area contributed by atoms with Crippen LogP contribution in [0.4, 0.5) is 18.7 Å². The second-order valence-corrected chi connectivity index (χ2v) is 7.76. The summed E-state index contributed by atoms with van der Waals surface area (Å²) >= 11 is 1.32. The van der Waals surface area contributed by atoms with Crippen LogP contribution < -0.4 is 5.32 Å². The quantitative estimate of drug-likeness (QED) is 0.854. The van der Waals surface area contributed by atoms with Gasteiger partial charge in [-0.3, -0.25) is 5.32 Å². The Kier molecular flexibility index (Phi) is 5.24. The maximum absolute atomic E-state index is 13.6. The van der Waals surface area contributed by atoms with E-state index in [9.17, 15) is 18.7 Å². The summed E-state index contributed by atoms with van der Waals surface area (Å²) in [4.78, 5) is 18.3. The number of urea groups is 1. The molecule has 3 rings (SSSR count). The number of halogens is 2. The van der Waals surface area contributed by atoms with Crippen LogP contribution in [0.5, 0.6) is 0 Å². The van der Waals surface area contributed by atoms with E-state index in [0.717, 1.165) is 15.3 Å². The van der Waals surface area contributed by atoms with Crippen LogP contribution >= 0.6 is 11.3 Å². The number of aryl methyl sites for hydroxylation is 2. The minimum absolute atomic E-state index is 0.0868. The Balaban J connectivity index is 1.61. The summed E-state index contributed by atoms with van der Waals surface area (Å²) in [5, 5.41) is 12.2. The van der Waals surface area contributed by atoms with E-state index < -0.39 is 24.6 Å². The van der Waals surface area contributed by atoms with Crippen LogP contribution in [0, 0.1) is 13.8 Å². The highest BCUT2D eigenvalue weighted by Crippen LogP contribution is 2.28. The van der Waals surface area contributed by atoms with Crippen molar-refractivity contribution in [3.05, 3.63) is 46.0 Å². The van der Waals surface area contributed by atoms with E-state index in [0.29, 0.717) is 11.6 Å². The molecule has 0 bridgehead atoms. The lowest BCUT2D eigenvalue weighted by molar-refractivity contribution is -0.140. The molecule has 2 aromatic rings. The number of amides is 2. The van der Waals surface area contributed by atoms with Gasteiger partial charge in [-0.2, -0.15) is 0 Å². The van der Waals surface area contributed by atoms with Crippen LogP contribution in [0.1, 0.15) is 28.0 Å². The summed E-state index contributed by atoms with van der Waals surface area (Å²) in [5.41, 5.74) is 3.60. The molecule has 1 aromatic carbocycles. The molecule has 2 N–H and O–H groups in total. The normalized spacial score (nSPS) is 19.4. The predicted octanol–water partition coefficient (Wildman–Crippen LogP) is 3.58. The van der Waals surface area contributed by atoms with Crippen LogP contribution in [-0.4, -0.2) is 46.1 Å². The van der Waals surface area contributed by atoms with Crippen LogP contribution in [0.25, 0.3) is 0 Å². The first-order valence-electron chi connectivity index (χ1n) is 8.37. The van der Waals surface area contributed by atoms with Crippen LogP contribution in [0.2, 0.25) is 0 Å². The minimum atomic E-state index is -3.28. The van der Waals surface area contributed by atoms with Gasteiger partial charge in [0.05, 0.1) is 6.54 Å². The number of likely N-dealkylation sites (tertiary alicyclic amines) is 1. The van der Waals surface area contributed by atoms with E-state index in [-0.39, 0.29) is 13.0 Å². The molecule has 1 aromatic heterocycles. The zero-order valence-corrected chi connectivity index (χ0v) is 15.4. The molecule has 1 aliphatic rings. The van der Waals surface area contributed by atoms with E-state index in [1.165, 1.54) is 22.5 Å². The van der Waals surface area contributed by atoms with Gasteiger partial charge in [0.25, 0.3) is 5.92 Å². The van der Waals surface area contributed by atoms with Crippen LogP contribution in [0.15, 0.2) is 24.4 Å². The largest absolute Gasteiger partial charge is 0.387 e. The first-order valence-corrected chi connectivity index (χ1v) is 9.19. The Labute approximate surface area is 154 Å². The number of hydrogen-bond donors (Lipinski definition) is 2. The van der Waals surface area contributed by atoms with E-state index in [4.69, 9.17) is 0 Å². The number of aliphatic hydroxyl groups excluding tert-OH is 1. The van der Waals surface area contributed by atoms with Crippen molar-refractivity contribution < 1.29 is 18.7 Å². The van der Waals surface area contributed by atoms with Gasteiger partial charge in [-0.15, -0.1) is 11.3 Å². The topological polar surface area (TPSA) is 65.5 Å². The van der Waals surface area contributed by atoms with Gasteiger partial charge in [-0.25, -0.2) is 18.6 Å². The van der Waals surface area contributed by atoms with Crippen molar-refractivity contribution in [3.8, 4) is 0 Å². The third-order valence-corrected chi connectivity index (χ3v) is 5.48. The second kappa shape index (κ2) is 7.28. The molecule has 8 heteroatoms. The number of carbonyl (C=O) groups is 1. The molecule has 140 valence electrons. The van der Waals surface area contributed by atoms with Gasteiger partial charge in [0.15, 0.2) is 5.13 Å². The number of aliphatic hydroxyl groups is 1. The number of aromatic nitrogens is 1. The van der Waals surface area contributed by atoms with Gasteiger partial charge in [0, 0.05) is 24.0 Å². The number of hydrogen-bond acceptors (Lipinski definition) is 4. The highest BCUT2D eigenvalue weighted by atomic mass is 32.1. The highest BCUT2D eigenvalue weighted by molar-refractivity contribution is 7.15. The first kappa shape index (κ1) is 18.7. The molecule has 1 saturated heterocycles. The smallest absolute Gasteiger partial charge is 0.323 e. The molecule has 2 amide bonds. The number of anilines is 1. The number of rotatable bonds is 3. The maximum Gasteiger partial charge on any atom is 0.323 e. The van der Waals surface area contributed by atoms with Crippen LogP contribution in [-0.2, 0) is 6.42 Å². The van der Waals surface area contributed by atoms with E-state index in [2.05, 4.69) is 42.3 Å². The van der Waals surface area contributed by atoms with E-state index in [1.54, 1.807) is 6.20 Å². The number of nitrogens with zero attached hydrogens (tertiary/aromatic N) is 2. The Morgan fingerprint density at radius 1 is 1.42 bits per heavy atom. The molecule has 5 nitrogen and oxygen atoms in total. The van der Waals surface area contributed by atoms with Crippen molar-refractivity contribution in [2.75, 3.05) is 18.4 Å². The molecule has 0 saturated carbocycles. The zero-order valence-electron chi connectivity index (χ0n) is 14.6. The summed E-state index contributed by atoms with van der Waals surface area (Å²) in [5.74, 6) is -3.28. The van der Waals surface area contributed by atoms with Gasteiger partial charge in [0.2, 0.25) is 0 Å². The van der Waals surface area contributed by atoms with Gasteiger partial charge in [-0.05, 0) is 37.0 Å². The van der Waals surface area contributed by atoms with Crippen molar-refractivity contribution in [1.82, 2.24) is 9.88 Å². The molecule has 2 heterocycles. The summed E-state index contributed by atoms with van der Waals surface area (Å²) < 4.78 is 27.1. The molecular weight excluding hydrogens is 360 g/mol. The predicted molar refractivity (Wildman–Crippen MR) is 97.0 cm³/mol. The summed E-state index contributed by atoms with van der Waals surface area (Å²) in [6, 6.07) is 5.62. The standard InChI is InChI=1S/C18H21F2N3O2S/c1-11-3-4-13(7-12(11)2)8-14-9-21-16(26-14)22-17(25)23-6-5-15(24)18(19,20)10-23/h3-4,7,9,15,24H,5-6,8,10H2,1-2H3,(H,21,22,25). The molecule has 26 heavy (non-hydrogen) atoms. The molecule has 0 spiro atoms. The third kappa shape index (κ3) is 4.19. The van der Waals surface area contributed by atoms with Crippen LogP contribution in [0.3, 0.4) is 0 Å². The Bertz CT molecular complexity index is 809. The average molecular weight is 381 g/mol. The van der Waals surface area contributed by atoms with Gasteiger partial charge in [-0.1, -0.05) is 18.2 Å². The number of alkyl halides is 2. The molecule has 1 aliphatic heterocycles. The second-order valence-electron chi connectivity index (χ2n) is 6.64. The van der Waals surface area contributed by atoms with Crippen molar-refractivity contribution in [2.24, 2.45) is 0 Å². The van der Waals surface area contributed by atoms with Crippen molar-refractivity contribution in [3.63, 3.8) is 0 Å². The molecule has 1 unspecified atom stereocenters. The molecule has 1 atom stereocenters. The Hall–Kier alpha value is -2.06. The SMILES string of the molecule is Cc1ccc(Cc2cnc(NC(=O)N3CCC(O)C(F)(F)C3)s2)cc1C. The number of piperidine rings is 1. The lowest BCUT2D eigenvalue weighted by atomic mass is 10.0. The Morgan fingerprint density at radius 2 is 2.19 bits per heavy atom. The summed E-state index contributed by atoms with van der Waals surface area (Å²) in [7, 11) is 0. The zero-order chi connectivity index (χ0) is 18.9. The highest BCUT2D eigenvalue weighted by Gasteiger charge is 2.45. The van der Waals surface area contributed by atoms with Gasteiger partial charge in [0.1, 0.15) is 6.10 Å². The fourth-order valence-corrected chi connectivity index (χ4v) is 3.67. The van der Waals surface area contributed by atoms with Crippen molar-refractivity contribution in [1.29, 1.82) is 0 Å². The number of thiazole rings is 1. The Morgan fingerprint density at radius 3 is 2.88 bits per heavy atom. The fraction of sp³-hybridized carbons (Fsp3) is 0.444. The third-order valence-electron chi connectivity index (χ3n) is 4.57. The monoisotopic (exact) mass is 381 g/mol. The summed E-state index contributed by atoms with van der Waals surface area (Å²) in [6.45, 7) is 3.41. The van der Waals surface area contributed by atoms with Gasteiger partial charge < -0.3 is 10.0 Å². The van der Waals surface area contributed by atoms with E-state index >= 15 is 0 Å². The number of benzene rings is 1. The summed E-state index contributed by atoms with van der Waals surface area (Å²) in [6.07, 6.45) is 0.541. The van der Waals surface area contributed by atoms with Crippen molar-refractivity contribution >= 4 is 22.5 Å². The fourth-order valence-electron chi connectivity index (χ4n) is 2.83. The van der Waals surface area contributed by atoms with Gasteiger partial charge >= 0.3 is 6.03 Å². The molecular formula is C18H21F2N3O2S. The number of nitrogens with one attached hydrogen (secondary N) is 1. The van der Waals surface area contributed by atoms with E-state index in [1.807, 2.05) is 0 Å².